The van der Waals surface area contributed by atoms with Gasteiger partial charge in [-0.15, -0.1) is 0 Å². The summed E-state index contributed by atoms with van der Waals surface area (Å²) in [4.78, 5) is 21.3. The van der Waals surface area contributed by atoms with E-state index in [1.807, 2.05) is 0 Å². The molecule has 0 aliphatic heterocycles. The summed E-state index contributed by atoms with van der Waals surface area (Å²) in [6.07, 6.45) is 1.55. The lowest BCUT2D eigenvalue weighted by Crippen LogP contribution is -2.10. The molecule has 0 saturated heterocycles. The van der Waals surface area contributed by atoms with Crippen LogP contribution in [0.3, 0.4) is 0 Å². The number of fused-ring (bicyclic) bond motifs is 1. The summed E-state index contributed by atoms with van der Waals surface area (Å²) in [5.41, 5.74) is 1.95. The molecule has 0 fully saturated rings. The van der Waals surface area contributed by atoms with Crippen LogP contribution in [0, 0.1) is 0 Å². The van der Waals surface area contributed by atoms with E-state index in [4.69, 9.17) is 18.9 Å². The maximum Gasteiger partial charge on any atom is 0.338 e. The van der Waals surface area contributed by atoms with Crippen molar-refractivity contribution in [1.29, 1.82) is 0 Å². The number of nitrogens with zero attached hydrogens (tertiary/aromatic N) is 3. The van der Waals surface area contributed by atoms with E-state index in [9.17, 15) is 9.90 Å². The molecular formula is C23H22N4O6. The van der Waals surface area contributed by atoms with Gasteiger partial charge in [-0.3, -0.25) is 10.1 Å². The maximum absolute atomic E-state index is 12.5. The topological polar surface area (TPSA) is 129 Å². The first-order chi connectivity index (χ1) is 16.0. The van der Waals surface area contributed by atoms with Crippen LogP contribution in [-0.2, 0) is 6.42 Å². The van der Waals surface area contributed by atoms with E-state index in [1.165, 1.54) is 34.8 Å². The second-order valence-corrected chi connectivity index (χ2v) is 7.00. The van der Waals surface area contributed by atoms with E-state index < -0.39 is 5.97 Å². The highest BCUT2D eigenvalue weighted by Gasteiger charge is 2.25. The van der Waals surface area contributed by atoms with Crippen molar-refractivity contribution >= 4 is 16.9 Å². The number of hydrogen-bond donors (Lipinski definition) is 2. The molecule has 2 N–H and O–H groups in total. The fourth-order valence-electron chi connectivity index (χ4n) is 3.76. The van der Waals surface area contributed by atoms with Crippen LogP contribution in [0.15, 0.2) is 36.7 Å². The molecule has 0 radical (unpaired) electrons. The van der Waals surface area contributed by atoms with Gasteiger partial charge >= 0.3 is 5.97 Å². The van der Waals surface area contributed by atoms with Crippen molar-refractivity contribution in [3.63, 3.8) is 0 Å². The lowest BCUT2D eigenvalue weighted by Gasteiger charge is -2.18. The average Bonchev–Trinajstić information content (AvgIpc) is 3.34. The summed E-state index contributed by atoms with van der Waals surface area (Å²) in [7, 11) is 6.10. The fraction of sp³-hybridized carbons (Fsp3) is 0.217. The van der Waals surface area contributed by atoms with Gasteiger partial charge in [-0.1, -0.05) is 6.07 Å². The Hall–Kier alpha value is -4.34. The van der Waals surface area contributed by atoms with E-state index in [2.05, 4.69) is 20.2 Å². The normalized spacial score (nSPS) is 10.8. The van der Waals surface area contributed by atoms with E-state index in [0.717, 1.165) is 0 Å². The summed E-state index contributed by atoms with van der Waals surface area (Å²) >= 11 is 0. The minimum Gasteiger partial charge on any atom is -0.493 e. The highest BCUT2D eigenvalue weighted by atomic mass is 16.5. The molecule has 0 saturated carbocycles. The molecular weight excluding hydrogens is 428 g/mol. The van der Waals surface area contributed by atoms with E-state index >= 15 is 0 Å². The second kappa shape index (κ2) is 9.03. The Kier molecular flexibility index (Phi) is 5.99. The van der Waals surface area contributed by atoms with Gasteiger partial charge in [-0.2, -0.15) is 5.10 Å². The van der Waals surface area contributed by atoms with Gasteiger partial charge in [-0.25, -0.2) is 9.78 Å². The summed E-state index contributed by atoms with van der Waals surface area (Å²) in [6, 6.07) is 8.66. The number of aromatic amines is 1. The predicted molar refractivity (Wildman–Crippen MR) is 120 cm³/mol. The quantitative estimate of drug-likeness (QED) is 0.415. The maximum atomic E-state index is 12.5. The van der Waals surface area contributed by atoms with Crippen LogP contribution in [0.5, 0.6) is 23.0 Å². The van der Waals surface area contributed by atoms with Crippen molar-refractivity contribution in [2.45, 2.75) is 6.42 Å². The summed E-state index contributed by atoms with van der Waals surface area (Å²) in [5, 5.41) is 17.5. The molecule has 0 unspecified atom stereocenters. The SMILES string of the molecule is COc1ccc(-c2c(C(=O)O)c(Cc3nc[nH]n3)nc3cc(OC)c(OC)cc23)cc1OC. The van der Waals surface area contributed by atoms with Gasteiger partial charge in [0.15, 0.2) is 28.8 Å². The van der Waals surface area contributed by atoms with Crippen molar-refractivity contribution in [3.05, 3.63) is 53.7 Å². The molecule has 4 aromatic rings. The fourth-order valence-corrected chi connectivity index (χ4v) is 3.76. The third-order valence-electron chi connectivity index (χ3n) is 5.24. The Morgan fingerprint density at radius 2 is 1.61 bits per heavy atom. The number of rotatable bonds is 8. The molecule has 170 valence electrons. The van der Waals surface area contributed by atoms with Crippen LogP contribution in [-0.4, -0.2) is 59.7 Å². The molecule has 0 atom stereocenters. The van der Waals surface area contributed by atoms with Gasteiger partial charge in [0, 0.05) is 17.0 Å². The molecule has 2 heterocycles. The van der Waals surface area contributed by atoms with Crippen LogP contribution in [0.4, 0.5) is 0 Å². The zero-order valence-electron chi connectivity index (χ0n) is 18.5. The predicted octanol–water partition coefficient (Wildman–Crippen LogP) is 3.34. The molecule has 0 aliphatic carbocycles. The Bertz CT molecular complexity index is 1320. The monoisotopic (exact) mass is 450 g/mol. The first-order valence-electron chi connectivity index (χ1n) is 9.89. The van der Waals surface area contributed by atoms with Crippen molar-refractivity contribution in [2.75, 3.05) is 28.4 Å². The highest BCUT2D eigenvalue weighted by Crippen LogP contribution is 2.41. The van der Waals surface area contributed by atoms with Gasteiger partial charge in [0.2, 0.25) is 0 Å². The largest absolute Gasteiger partial charge is 0.493 e. The first-order valence-corrected chi connectivity index (χ1v) is 9.89. The molecule has 0 spiro atoms. The number of carbonyl (C=O) groups is 1. The smallest absolute Gasteiger partial charge is 0.338 e. The number of methoxy groups -OCH3 is 4. The van der Waals surface area contributed by atoms with Gasteiger partial charge in [-0.05, 0) is 23.8 Å². The molecule has 4 rings (SSSR count). The number of carboxylic acids is 1. The third kappa shape index (κ3) is 3.98. The molecule has 0 amide bonds. The Balaban J connectivity index is 2.10. The lowest BCUT2D eigenvalue weighted by atomic mass is 9.92. The molecule has 2 aromatic heterocycles. The zero-order chi connectivity index (χ0) is 23.5. The minimum atomic E-state index is -1.13. The standard InChI is InChI=1S/C23H22N4O6/c1-30-16-6-5-12(7-17(16)31-2)21-13-8-18(32-3)19(33-4)9-14(13)26-15(22(21)23(28)29)10-20-24-11-25-27-20/h5-9,11H,10H2,1-4H3,(H,28,29)(H,24,25,27). The van der Waals surface area contributed by atoms with E-state index in [-0.39, 0.29) is 12.0 Å². The molecule has 0 aliphatic rings. The number of ether oxygens (including phenoxy) is 4. The average molecular weight is 450 g/mol. The summed E-state index contributed by atoms with van der Waals surface area (Å²) in [5.74, 6) is 1.20. The number of carboxylic acid groups (broad SMARTS) is 1. The van der Waals surface area contributed by atoms with E-state index in [1.54, 1.807) is 30.3 Å². The Morgan fingerprint density at radius 3 is 2.21 bits per heavy atom. The van der Waals surface area contributed by atoms with Crippen LogP contribution in [0.2, 0.25) is 0 Å². The zero-order valence-corrected chi connectivity index (χ0v) is 18.5. The Morgan fingerprint density at radius 1 is 0.939 bits per heavy atom. The second-order valence-electron chi connectivity index (χ2n) is 7.00. The van der Waals surface area contributed by atoms with Gasteiger partial charge in [0.25, 0.3) is 0 Å². The van der Waals surface area contributed by atoms with Crippen molar-refractivity contribution < 1.29 is 28.8 Å². The minimum absolute atomic E-state index is 0.0340. The first kappa shape index (κ1) is 21.9. The van der Waals surface area contributed by atoms with Crippen LogP contribution in [0.25, 0.3) is 22.0 Å². The molecule has 2 aromatic carbocycles. The van der Waals surface area contributed by atoms with Gasteiger partial charge in [0.1, 0.15) is 6.33 Å². The lowest BCUT2D eigenvalue weighted by molar-refractivity contribution is 0.0696. The molecule has 0 bridgehead atoms. The Labute approximate surface area is 189 Å². The van der Waals surface area contributed by atoms with Crippen molar-refractivity contribution in [3.8, 4) is 34.1 Å². The van der Waals surface area contributed by atoms with Crippen LogP contribution >= 0.6 is 0 Å². The van der Waals surface area contributed by atoms with Gasteiger partial charge in [0.05, 0.1) is 51.6 Å². The van der Waals surface area contributed by atoms with Crippen molar-refractivity contribution in [1.82, 2.24) is 20.2 Å². The third-order valence-corrected chi connectivity index (χ3v) is 5.24. The number of pyridine rings is 1. The number of aromatic carboxylic acids is 1. The summed E-state index contributed by atoms with van der Waals surface area (Å²) < 4.78 is 21.7. The van der Waals surface area contributed by atoms with Gasteiger partial charge < -0.3 is 24.1 Å². The van der Waals surface area contributed by atoms with Crippen molar-refractivity contribution in [2.24, 2.45) is 0 Å². The molecule has 10 nitrogen and oxygen atoms in total. The number of hydrogen-bond acceptors (Lipinski definition) is 8. The van der Waals surface area contributed by atoms with Crippen LogP contribution in [0.1, 0.15) is 21.9 Å². The number of benzene rings is 2. The highest BCUT2D eigenvalue weighted by molar-refractivity contribution is 6.08. The van der Waals surface area contributed by atoms with E-state index in [0.29, 0.717) is 56.5 Å². The van der Waals surface area contributed by atoms with Crippen LogP contribution < -0.4 is 18.9 Å². The number of aromatic nitrogens is 4. The molecule has 33 heavy (non-hydrogen) atoms. The molecule has 10 heteroatoms. The summed E-state index contributed by atoms with van der Waals surface area (Å²) in [6.45, 7) is 0. The number of H-pyrrole nitrogens is 1. The number of nitrogens with one attached hydrogen (secondary N) is 1.